The van der Waals surface area contributed by atoms with Crippen LogP contribution in [0.2, 0.25) is 0 Å². The molecule has 3 nitrogen and oxygen atoms in total. The lowest BCUT2D eigenvalue weighted by atomic mass is 10.2. The molecule has 3 rings (SSSR count). The first-order chi connectivity index (χ1) is 9.19. The molecular formula is C14H13Br2N3. The minimum atomic E-state index is 0.579. The Labute approximate surface area is 129 Å². The van der Waals surface area contributed by atoms with Gasteiger partial charge in [0.25, 0.3) is 0 Å². The fraction of sp³-hybridized carbons (Fsp3) is 0.286. The largest absolute Gasteiger partial charge is 0.372 e. The number of nitrogens with zero attached hydrogens (tertiary/aromatic N) is 2. The van der Waals surface area contributed by atoms with Crippen LogP contribution in [0.3, 0.4) is 0 Å². The van der Waals surface area contributed by atoms with Gasteiger partial charge in [-0.3, -0.25) is 0 Å². The average Bonchev–Trinajstić information content (AvgIpc) is 3.23. The van der Waals surface area contributed by atoms with E-state index in [0.717, 1.165) is 31.8 Å². The van der Waals surface area contributed by atoms with E-state index in [2.05, 4.69) is 42.2 Å². The number of rotatable bonds is 3. The SMILES string of the molecule is CNc1nc(-c2cccc(Br)c2)nc(C2CC2)c1Br. The van der Waals surface area contributed by atoms with Crippen molar-refractivity contribution in [3.05, 3.63) is 38.9 Å². The molecule has 19 heavy (non-hydrogen) atoms. The molecule has 0 bridgehead atoms. The molecule has 5 heteroatoms. The summed E-state index contributed by atoms with van der Waals surface area (Å²) >= 11 is 7.10. The van der Waals surface area contributed by atoms with Crippen LogP contribution in [-0.4, -0.2) is 17.0 Å². The second kappa shape index (κ2) is 5.21. The number of aromatic nitrogens is 2. The van der Waals surface area contributed by atoms with Crippen LogP contribution in [0, 0.1) is 0 Å². The number of nitrogens with one attached hydrogen (secondary N) is 1. The first-order valence-corrected chi connectivity index (χ1v) is 7.78. The van der Waals surface area contributed by atoms with Crippen LogP contribution in [0.5, 0.6) is 0 Å². The highest BCUT2D eigenvalue weighted by Gasteiger charge is 2.29. The van der Waals surface area contributed by atoms with Crippen molar-refractivity contribution in [2.75, 3.05) is 12.4 Å². The van der Waals surface area contributed by atoms with Crippen LogP contribution >= 0.6 is 31.9 Å². The van der Waals surface area contributed by atoms with E-state index < -0.39 is 0 Å². The molecule has 1 heterocycles. The Morgan fingerprint density at radius 1 is 1.21 bits per heavy atom. The highest BCUT2D eigenvalue weighted by molar-refractivity contribution is 9.11. The summed E-state index contributed by atoms with van der Waals surface area (Å²) in [5.41, 5.74) is 2.15. The summed E-state index contributed by atoms with van der Waals surface area (Å²) in [4.78, 5) is 9.32. The second-order valence-corrected chi connectivity index (χ2v) is 6.34. The first-order valence-electron chi connectivity index (χ1n) is 6.20. The molecule has 1 fully saturated rings. The van der Waals surface area contributed by atoms with Crippen LogP contribution in [0.15, 0.2) is 33.2 Å². The molecule has 1 N–H and O–H groups in total. The van der Waals surface area contributed by atoms with Crippen LogP contribution < -0.4 is 5.32 Å². The molecule has 2 aromatic rings. The molecule has 0 amide bonds. The first kappa shape index (κ1) is 13.1. The van der Waals surface area contributed by atoms with Gasteiger partial charge in [-0.15, -0.1) is 0 Å². The van der Waals surface area contributed by atoms with Crippen molar-refractivity contribution in [1.29, 1.82) is 0 Å². The summed E-state index contributed by atoms with van der Waals surface area (Å²) in [6.45, 7) is 0. The molecule has 1 aliphatic rings. The van der Waals surface area contributed by atoms with Gasteiger partial charge in [-0.2, -0.15) is 0 Å². The van der Waals surface area contributed by atoms with Gasteiger partial charge in [0.15, 0.2) is 5.82 Å². The number of halogens is 2. The van der Waals surface area contributed by atoms with Gasteiger partial charge in [0.05, 0.1) is 10.2 Å². The topological polar surface area (TPSA) is 37.8 Å². The van der Waals surface area contributed by atoms with Gasteiger partial charge in [-0.05, 0) is 40.9 Å². The minimum absolute atomic E-state index is 0.579. The van der Waals surface area contributed by atoms with Crippen molar-refractivity contribution in [2.45, 2.75) is 18.8 Å². The minimum Gasteiger partial charge on any atom is -0.372 e. The Kier molecular flexibility index (Phi) is 3.58. The zero-order valence-electron chi connectivity index (χ0n) is 10.5. The van der Waals surface area contributed by atoms with Crippen LogP contribution in [-0.2, 0) is 0 Å². The summed E-state index contributed by atoms with van der Waals surface area (Å²) < 4.78 is 2.03. The third-order valence-electron chi connectivity index (χ3n) is 3.16. The van der Waals surface area contributed by atoms with E-state index >= 15 is 0 Å². The Bertz CT molecular complexity index is 624. The van der Waals surface area contributed by atoms with Gasteiger partial charge in [0.2, 0.25) is 0 Å². The Morgan fingerprint density at radius 2 is 2.00 bits per heavy atom. The smallest absolute Gasteiger partial charge is 0.161 e. The molecule has 0 spiro atoms. The number of hydrogen-bond donors (Lipinski definition) is 1. The molecule has 0 unspecified atom stereocenters. The third-order valence-corrected chi connectivity index (χ3v) is 4.44. The quantitative estimate of drug-likeness (QED) is 0.843. The van der Waals surface area contributed by atoms with Crippen molar-refractivity contribution >= 4 is 37.7 Å². The summed E-state index contributed by atoms with van der Waals surface area (Å²) in [5.74, 6) is 2.21. The molecule has 0 atom stereocenters. The van der Waals surface area contributed by atoms with E-state index in [0.29, 0.717) is 5.92 Å². The van der Waals surface area contributed by atoms with Gasteiger partial charge in [0, 0.05) is 23.0 Å². The normalized spacial score (nSPS) is 14.5. The van der Waals surface area contributed by atoms with Gasteiger partial charge >= 0.3 is 0 Å². The summed E-state index contributed by atoms with van der Waals surface area (Å²) in [5, 5.41) is 3.13. The Morgan fingerprint density at radius 3 is 2.63 bits per heavy atom. The fourth-order valence-electron chi connectivity index (χ4n) is 2.01. The fourth-order valence-corrected chi connectivity index (χ4v) is 3.11. The maximum atomic E-state index is 4.74. The molecule has 98 valence electrons. The van der Waals surface area contributed by atoms with E-state index in [1.807, 2.05) is 31.3 Å². The van der Waals surface area contributed by atoms with Gasteiger partial charge in [0.1, 0.15) is 5.82 Å². The van der Waals surface area contributed by atoms with Crippen LogP contribution in [0.25, 0.3) is 11.4 Å². The van der Waals surface area contributed by atoms with Gasteiger partial charge < -0.3 is 5.32 Å². The van der Waals surface area contributed by atoms with Gasteiger partial charge in [-0.1, -0.05) is 28.1 Å². The Hall–Kier alpha value is -0.940. The summed E-state index contributed by atoms with van der Waals surface area (Å²) in [6, 6.07) is 8.08. The molecule has 0 aliphatic heterocycles. The lowest BCUT2D eigenvalue weighted by Gasteiger charge is -2.10. The highest BCUT2D eigenvalue weighted by Crippen LogP contribution is 2.44. The highest BCUT2D eigenvalue weighted by atomic mass is 79.9. The number of hydrogen-bond acceptors (Lipinski definition) is 3. The number of benzene rings is 1. The van der Waals surface area contributed by atoms with E-state index in [4.69, 9.17) is 4.98 Å². The van der Waals surface area contributed by atoms with Crippen molar-refractivity contribution in [1.82, 2.24) is 9.97 Å². The van der Waals surface area contributed by atoms with Crippen LogP contribution in [0.4, 0.5) is 5.82 Å². The Balaban J connectivity index is 2.13. The maximum Gasteiger partial charge on any atom is 0.161 e. The van der Waals surface area contributed by atoms with Crippen molar-refractivity contribution < 1.29 is 0 Å². The zero-order valence-corrected chi connectivity index (χ0v) is 13.6. The van der Waals surface area contributed by atoms with Crippen molar-refractivity contribution in [3.8, 4) is 11.4 Å². The van der Waals surface area contributed by atoms with E-state index in [1.54, 1.807) is 0 Å². The molecule has 0 radical (unpaired) electrons. The molecule has 1 aromatic heterocycles. The van der Waals surface area contributed by atoms with E-state index in [-0.39, 0.29) is 0 Å². The molecule has 0 saturated heterocycles. The van der Waals surface area contributed by atoms with Crippen molar-refractivity contribution in [3.63, 3.8) is 0 Å². The maximum absolute atomic E-state index is 4.74. The molecular weight excluding hydrogens is 370 g/mol. The van der Waals surface area contributed by atoms with Gasteiger partial charge in [-0.25, -0.2) is 9.97 Å². The summed E-state index contributed by atoms with van der Waals surface area (Å²) in [7, 11) is 1.88. The lowest BCUT2D eigenvalue weighted by molar-refractivity contribution is 0.980. The monoisotopic (exact) mass is 381 g/mol. The summed E-state index contributed by atoms with van der Waals surface area (Å²) in [6.07, 6.45) is 2.44. The predicted molar refractivity (Wildman–Crippen MR) is 84.4 cm³/mol. The lowest BCUT2D eigenvalue weighted by Crippen LogP contribution is -2.02. The zero-order chi connectivity index (χ0) is 13.4. The second-order valence-electron chi connectivity index (χ2n) is 4.63. The molecule has 1 aliphatic carbocycles. The predicted octanol–water partition coefficient (Wildman–Crippen LogP) is 4.59. The van der Waals surface area contributed by atoms with Crippen molar-refractivity contribution in [2.24, 2.45) is 0 Å². The van der Waals surface area contributed by atoms with E-state index in [1.165, 1.54) is 12.8 Å². The standard InChI is InChI=1S/C14H13Br2N3/c1-17-14-11(16)12(8-5-6-8)18-13(19-14)9-3-2-4-10(15)7-9/h2-4,7-8H,5-6H2,1H3,(H,17,18,19). The van der Waals surface area contributed by atoms with Crippen LogP contribution in [0.1, 0.15) is 24.5 Å². The third kappa shape index (κ3) is 2.67. The molecule has 1 aromatic carbocycles. The average molecular weight is 383 g/mol. The number of anilines is 1. The van der Waals surface area contributed by atoms with E-state index in [9.17, 15) is 0 Å². The molecule has 1 saturated carbocycles.